The minimum absolute atomic E-state index is 0.602. The molecule has 0 heterocycles. The van der Waals surface area contributed by atoms with Crippen LogP contribution in [-0.4, -0.2) is 36.3 Å². The van der Waals surface area contributed by atoms with E-state index in [2.05, 4.69) is 37.3 Å². The largest absolute Gasteiger partial charge is 0.473 e. The third-order valence-electron chi connectivity index (χ3n) is 3.17. The maximum Gasteiger partial charge on any atom is 0.369 e. The van der Waals surface area contributed by atoms with Crippen molar-refractivity contribution in [3.8, 4) is 0 Å². The fourth-order valence-corrected chi connectivity index (χ4v) is 3.85. The number of carbonyl (C=O) groups is 1. The molecule has 0 aromatic rings. The zero-order valence-corrected chi connectivity index (χ0v) is 12.3. The lowest BCUT2D eigenvalue weighted by Crippen LogP contribution is -2.49. The summed E-state index contributed by atoms with van der Waals surface area (Å²) in [7, 11) is 0.987. The van der Waals surface area contributed by atoms with Crippen LogP contribution < -0.4 is 0 Å². The summed E-state index contributed by atoms with van der Waals surface area (Å²) in [4.78, 5) is 11.6. The molecule has 0 fully saturated rings. The summed E-state index contributed by atoms with van der Waals surface area (Å²) in [6.07, 6.45) is 5.10. The second-order valence-corrected chi connectivity index (χ2v) is 11.4. The average molecular weight is 259 g/mol. The van der Waals surface area contributed by atoms with Gasteiger partial charge in [-0.05, 0) is 43.0 Å². The van der Waals surface area contributed by atoms with Crippen LogP contribution >= 0.6 is 11.8 Å². The van der Waals surface area contributed by atoms with Crippen molar-refractivity contribution in [2.45, 2.75) is 44.9 Å². The molecule has 5 heteroatoms. The molecule has 0 aromatic carbocycles. The van der Waals surface area contributed by atoms with E-state index in [4.69, 9.17) is 5.11 Å². The van der Waals surface area contributed by atoms with Gasteiger partial charge in [-0.3, -0.25) is 0 Å². The van der Waals surface area contributed by atoms with Crippen molar-refractivity contribution in [1.29, 1.82) is 0 Å². The summed E-state index contributed by atoms with van der Waals surface area (Å²) in [6.45, 7) is 7.04. The molecule has 92 valence electrons. The molecule has 0 saturated carbocycles. The second-order valence-electron chi connectivity index (χ2n) is 5.25. The van der Waals surface area contributed by atoms with Crippen LogP contribution in [0, 0.1) is 0 Å². The number of allylic oxidation sites excluding steroid dienone is 1. The second kappa shape index (κ2) is 5.38. The maximum absolute atomic E-state index is 10.6. The number of thioether (sulfide) groups is 1. The topological polar surface area (TPSA) is 40.5 Å². The van der Waals surface area contributed by atoms with Gasteiger partial charge in [0.1, 0.15) is 8.24 Å². The van der Waals surface area contributed by atoms with Crippen LogP contribution in [-0.2, 0) is 0 Å². The molecule has 1 N–H and O–H groups in total. The first-order valence-corrected chi connectivity index (χ1v) is 9.90. The van der Waals surface area contributed by atoms with Crippen molar-refractivity contribution in [3.63, 3.8) is 0 Å². The highest BCUT2D eigenvalue weighted by molar-refractivity contribution is 8.16. The van der Waals surface area contributed by atoms with Crippen molar-refractivity contribution < 1.29 is 9.90 Å². The van der Waals surface area contributed by atoms with Gasteiger partial charge in [0.2, 0.25) is 0 Å². The highest BCUT2D eigenvalue weighted by Crippen LogP contribution is 2.31. The molecule has 0 radical (unpaired) electrons. The molecular weight excluding hydrogens is 238 g/mol. The Kier molecular flexibility index (Phi) is 4.64. The van der Waals surface area contributed by atoms with Gasteiger partial charge in [0.25, 0.3) is 0 Å². The first-order chi connectivity index (χ1) is 7.30. The van der Waals surface area contributed by atoms with Gasteiger partial charge in [-0.2, -0.15) is 0 Å². The van der Waals surface area contributed by atoms with Gasteiger partial charge in [-0.1, -0.05) is 25.7 Å². The Balaban J connectivity index is 2.54. The SMILES string of the molecule is CN(C1CC=C(SC(=O)O)CC1)[Si](C)(C)C. The van der Waals surface area contributed by atoms with E-state index >= 15 is 0 Å². The molecule has 16 heavy (non-hydrogen) atoms. The lowest BCUT2D eigenvalue weighted by Gasteiger charge is -2.38. The monoisotopic (exact) mass is 259 g/mol. The lowest BCUT2D eigenvalue weighted by molar-refractivity contribution is 0.222. The van der Waals surface area contributed by atoms with E-state index in [1.54, 1.807) is 0 Å². The maximum atomic E-state index is 10.6. The molecule has 0 saturated heterocycles. The van der Waals surface area contributed by atoms with Crippen LogP contribution in [0.15, 0.2) is 11.0 Å². The van der Waals surface area contributed by atoms with Crippen LogP contribution in [0.2, 0.25) is 19.6 Å². The summed E-state index contributed by atoms with van der Waals surface area (Å²) >= 11 is 0.967. The van der Waals surface area contributed by atoms with E-state index in [0.717, 1.165) is 35.9 Å². The van der Waals surface area contributed by atoms with Gasteiger partial charge < -0.3 is 9.67 Å². The normalized spacial score (nSPS) is 22.1. The number of nitrogens with zero attached hydrogens (tertiary/aromatic N) is 1. The van der Waals surface area contributed by atoms with Gasteiger partial charge in [0, 0.05) is 6.04 Å². The van der Waals surface area contributed by atoms with Crippen LogP contribution in [0.25, 0.3) is 0 Å². The highest BCUT2D eigenvalue weighted by Gasteiger charge is 2.28. The predicted molar refractivity (Wildman–Crippen MR) is 72.4 cm³/mol. The Labute approximate surface area is 103 Å². The average Bonchev–Trinajstić information content (AvgIpc) is 2.15. The third-order valence-corrected chi connectivity index (χ3v) is 6.45. The zero-order chi connectivity index (χ0) is 12.3. The Hall–Kier alpha value is -0.263. The summed E-state index contributed by atoms with van der Waals surface area (Å²) in [5.41, 5.74) is 0. The van der Waals surface area contributed by atoms with Crippen molar-refractivity contribution in [2.75, 3.05) is 7.05 Å². The highest BCUT2D eigenvalue weighted by atomic mass is 32.2. The Morgan fingerprint density at radius 2 is 2.19 bits per heavy atom. The molecule has 0 bridgehead atoms. The number of hydrogen-bond donors (Lipinski definition) is 1. The fourth-order valence-electron chi connectivity index (χ4n) is 1.90. The third kappa shape index (κ3) is 3.96. The van der Waals surface area contributed by atoms with Crippen LogP contribution in [0.1, 0.15) is 19.3 Å². The Morgan fingerprint density at radius 1 is 1.56 bits per heavy atom. The fraction of sp³-hybridized carbons (Fsp3) is 0.727. The van der Waals surface area contributed by atoms with Gasteiger partial charge in [-0.25, -0.2) is 4.79 Å². The predicted octanol–water partition coefficient (Wildman–Crippen LogP) is 3.60. The number of hydrogen-bond acceptors (Lipinski definition) is 3. The van der Waals surface area contributed by atoms with Gasteiger partial charge in [-0.15, -0.1) is 0 Å². The molecule has 1 rings (SSSR count). The Bertz CT molecular complexity index is 299. The van der Waals surface area contributed by atoms with Crippen molar-refractivity contribution in [2.24, 2.45) is 0 Å². The molecule has 0 aromatic heterocycles. The van der Waals surface area contributed by atoms with E-state index < -0.39 is 13.5 Å². The van der Waals surface area contributed by atoms with E-state index in [1.165, 1.54) is 0 Å². The van der Waals surface area contributed by atoms with Crippen LogP contribution in [0.4, 0.5) is 4.79 Å². The van der Waals surface area contributed by atoms with Crippen LogP contribution in [0.3, 0.4) is 0 Å². The zero-order valence-electron chi connectivity index (χ0n) is 10.5. The van der Waals surface area contributed by atoms with E-state index in [-0.39, 0.29) is 0 Å². The molecule has 1 unspecified atom stereocenters. The smallest absolute Gasteiger partial charge is 0.369 e. The summed E-state index contributed by atoms with van der Waals surface area (Å²) in [5.74, 6) is 0. The number of carboxylic acid groups (broad SMARTS) is 1. The molecule has 1 aliphatic rings. The molecule has 0 aliphatic heterocycles. The lowest BCUT2D eigenvalue weighted by atomic mass is 10.0. The summed E-state index contributed by atoms with van der Waals surface area (Å²) in [5, 5.41) is 7.90. The van der Waals surface area contributed by atoms with Crippen molar-refractivity contribution in [3.05, 3.63) is 11.0 Å². The molecule has 3 nitrogen and oxygen atoms in total. The van der Waals surface area contributed by atoms with Gasteiger partial charge in [0.05, 0.1) is 0 Å². The standard InChI is InChI=1S/C11H21NO2SSi/c1-12(16(2,3)4)9-5-7-10(8-6-9)15-11(13)14/h7,9H,5-6,8H2,1-4H3,(H,13,14). The quantitative estimate of drug-likeness (QED) is 0.786. The van der Waals surface area contributed by atoms with Gasteiger partial charge in [0.15, 0.2) is 0 Å². The van der Waals surface area contributed by atoms with E-state index in [0.29, 0.717) is 6.04 Å². The first kappa shape index (κ1) is 13.8. The molecule has 1 aliphatic carbocycles. The minimum atomic E-state index is -1.22. The molecule has 0 amide bonds. The first-order valence-electron chi connectivity index (χ1n) is 5.63. The summed E-state index contributed by atoms with van der Waals surface area (Å²) < 4.78 is 2.52. The molecular formula is C11H21NO2SSi. The number of rotatable bonds is 3. The van der Waals surface area contributed by atoms with Crippen LogP contribution in [0.5, 0.6) is 0 Å². The van der Waals surface area contributed by atoms with E-state index in [1.807, 2.05) is 0 Å². The van der Waals surface area contributed by atoms with Gasteiger partial charge >= 0.3 is 5.30 Å². The van der Waals surface area contributed by atoms with Crippen molar-refractivity contribution >= 4 is 25.3 Å². The minimum Gasteiger partial charge on any atom is -0.473 e. The van der Waals surface area contributed by atoms with E-state index in [9.17, 15) is 4.79 Å². The molecule has 1 atom stereocenters. The molecule has 0 spiro atoms. The summed E-state index contributed by atoms with van der Waals surface area (Å²) in [6, 6.07) is 0.602. The Morgan fingerprint density at radius 3 is 2.56 bits per heavy atom. The van der Waals surface area contributed by atoms with Crippen molar-refractivity contribution in [1.82, 2.24) is 4.57 Å².